The molecule has 0 fully saturated rings. The molecule has 0 spiro atoms. The quantitative estimate of drug-likeness (QED) is 0.0413. The molecule has 0 unspecified atom stereocenters. The molecule has 0 bridgehead atoms. The van der Waals surface area contributed by atoms with Gasteiger partial charge in [0.2, 0.25) is 0 Å². The molecule has 0 radical (unpaired) electrons. The third kappa shape index (κ3) is 18.5. The van der Waals surface area contributed by atoms with Crippen molar-refractivity contribution >= 4 is 89.5 Å². The van der Waals surface area contributed by atoms with Crippen molar-refractivity contribution in [3.8, 4) is 0 Å². The van der Waals surface area contributed by atoms with Gasteiger partial charge in [-0.1, -0.05) is 408 Å². The molecule has 0 heterocycles. The SMILES string of the molecule is C.ICI.Nc1c(C(c2ccccc2)c2ccccc2)cc(Br)cc1C(c1ccccc1)c1ccccc1.Nc1c(C(c2ccccc2)c2ccccc2)cc(N(c2ccccc2)c2ccccc2)cc1C(c1ccccc1)c1ccccc1.c1ccc(Cc2ccccc2)cc1. The molecule has 0 aliphatic carbocycles. The van der Waals surface area contributed by atoms with Crippen molar-refractivity contribution in [2.45, 2.75) is 37.5 Å². The minimum Gasteiger partial charge on any atom is -0.398 e. The van der Waals surface area contributed by atoms with Crippen LogP contribution in [0.25, 0.3) is 0 Å². The number of anilines is 5. The zero-order valence-electron chi connectivity index (χ0n) is 53.4. The largest absolute Gasteiger partial charge is 0.398 e. The number of hydrogen-bond acceptors (Lipinski definition) is 3. The van der Waals surface area contributed by atoms with Crippen LogP contribution in [-0.2, 0) is 6.42 Å². The number of halogens is 3. The minimum absolute atomic E-state index is 0. The fraction of sp³-hybridized carbons (Fsp3) is 0.0769. The van der Waals surface area contributed by atoms with E-state index in [-0.39, 0.29) is 31.1 Å². The maximum atomic E-state index is 7.46. The van der Waals surface area contributed by atoms with E-state index in [1.54, 1.807) is 0 Å². The van der Waals surface area contributed by atoms with E-state index in [1.165, 1.54) is 58.1 Å². The van der Waals surface area contributed by atoms with Gasteiger partial charge in [0.05, 0.1) is 2.43 Å². The molecule has 4 N–H and O–H groups in total. The molecule has 14 aromatic rings. The first-order valence-corrected chi connectivity index (χ1v) is 36.2. The Kier molecular flexibility index (Phi) is 26.4. The van der Waals surface area contributed by atoms with Gasteiger partial charge in [-0.25, -0.2) is 0 Å². The second kappa shape index (κ2) is 36.5. The molecule has 0 aliphatic heterocycles. The zero-order valence-corrected chi connectivity index (χ0v) is 59.3. The van der Waals surface area contributed by atoms with Crippen LogP contribution in [0.4, 0.5) is 28.4 Å². The van der Waals surface area contributed by atoms with Crippen molar-refractivity contribution in [2.75, 3.05) is 18.8 Å². The van der Waals surface area contributed by atoms with Crippen molar-refractivity contribution in [1.29, 1.82) is 0 Å². The first-order valence-electron chi connectivity index (χ1n) is 32.4. The summed E-state index contributed by atoms with van der Waals surface area (Å²) in [5, 5.41) is 0. The molecule has 97 heavy (non-hydrogen) atoms. The van der Waals surface area contributed by atoms with Gasteiger partial charge >= 0.3 is 0 Å². The van der Waals surface area contributed by atoms with E-state index in [0.717, 1.165) is 61.6 Å². The highest BCUT2D eigenvalue weighted by Crippen LogP contribution is 2.48. The van der Waals surface area contributed by atoms with Gasteiger partial charge in [0.25, 0.3) is 0 Å². The number of para-hydroxylation sites is 2. The summed E-state index contributed by atoms with van der Waals surface area (Å²) in [4.78, 5) is 2.34. The van der Waals surface area contributed by atoms with Crippen LogP contribution >= 0.6 is 61.1 Å². The van der Waals surface area contributed by atoms with Gasteiger partial charge < -0.3 is 16.4 Å². The smallest absolute Gasteiger partial charge is 0.0516 e. The Morgan fingerprint density at radius 3 is 0.639 bits per heavy atom. The van der Waals surface area contributed by atoms with Gasteiger partial charge in [0, 0.05) is 56.6 Å². The summed E-state index contributed by atoms with van der Waals surface area (Å²) in [6.45, 7) is 0. The third-order valence-electron chi connectivity index (χ3n) is 17.1. The van der Waals surface area contributed by atoms with Crippen LogP contribution in [0.2, 0.25) is 0 Å². The molecule has 14 rings (SSSR count). The number of alkyl halides is 2. The van der Waals surface area contributed by atoms with Crippen LogP contribution < -0.4 is 16.4 Å². The number of nitrogens with two attached hydrogens (primary N) is 2. The standard InChI is InChI=1S/C44H36N2.C32H26BrN.C13H12.CH2I2.CH4/c45-44-40(42(33-19-7-1-8-20-33)34-21-9-2-10-22-34)31-39(46(37-27-15-5-16-28-37)38-29-17-6-18-30-38)32-41(44)43(35-23-11-3-12-24-35)36-25-13-4-14-26-36;33-27-21-28(30(23-13-5-1-6-14-23)24-15-7-2-8-16-24)32(34)29(22-27)31(25-17-9-3-10-18-25)26-19-11-4-12-20-26;1-3-7-12(8-4-1)11-13-9-5-2-6-10-13;2-1-3;/h1-32,42-43H,45H2;1-22,30-31H,34H2;1-10H,11H2;1H2;1H4. The summed E-state index contributed by atoms with van der Waals surface area (Å²) >= 11 is 8.37. The van der Waals surface area contributed by atoms with Crippen molar-refractivity contribution in [3.63, 3.8) is 0 Å². The monoisotopic (exact) mass is 1550 g/mol. The van der Waals surface area contributed by atoms with E-state index >= 15 is 0 Å². The number of benzene rings is 14. The van der Waals surface area contributed by atoms with E-state index in [9.17, 15) is 0 Å². The Balaban J connectivity index is 0.000000174. The maximum absolute atomic E-state index is 7.46. The average Bonchev–Trinajstić information content (AvgIpc) is 0.774. The first-order chi connectivity index (χ1) is 47.4. The molecular formula is C91H80BrI2N3. The molecule has 0 saturated carbocycles. The van der Waals surface area contributed by atoms with Crippen LogP contribution in [0.1, 0.15) is 109 Å². The van der Waals surface area contributed by atoms with E-state index < -0.39 is 0 Å². The number of hydrogen-bond donors (Lipinski definition) is 2. The highest BCUT2D eigenvalue weighted by atomic mass is 127. The van der Waals surface area contributed by atoms with Crippen LogP contribution in [0.15, 0.2) is 393 Å². The summed E-state index contributed by atoms with van der Waals surface area (Å²) in [7, 11) is 0. The van der Waals surface area contributed by atoms with E-state index in [4.69, 9.17) is 11.5 Å². The summed E-state index contributed by atoms with van der Waals surface area (Å²) in [6.07, 6.45) is 1.03. The Hall–Kier alpha value is -9.58. The normalized spacial score (nSPS) is 10.7. The van der Waals surface area contributed by atoms with Crippen LogP contribution in [0, 0.1) is 0 Å². The highest BCUT2D eigenvalue weighted by Gasteiger charge is 2.29. The van der Waals surface area contributed by atoms with Crippen molar-refractivity contribution in [3.05, 3.63) is 471 Å². The zero-order chi connectivity index (χ0) is 66.1. The van der Waals surface area contributed by atoms with Crippen molar-refractivity contribution in [2.24, 2.45) is 0 Å². The second-order valence-electron chi connectivity index (χ2n) is 23.3. The Morgan fingerprint density at radius 2 is 0.433 bits per heavy atom. The van der Waals surface area contributed by atoms with Gasteiger partial charge in [0.15, 0.2) is 0 Å². The molecule has 6 heteroatoms. The number of rotatable bonds is 17. The Bertz CT molecular complexity index is 4100. The summed E-state index contributed by atoms with van der Waals surface area (Å²) in [5.74, 6) is -0.0694. The lowest BCUT2D eigenvalue weighted by atomic mass is 9.78. The predicted octanol–water partition coefficient (Wildman–Crippen LogP) is 25.2. The minimum atomic E-state index is -0.0679. The van der Waals surface area contributed by atoms with Crippen molar-refractivity contribution in [1.82, 2.24) is 0 Å². The predicted molar refractivity (Wildman–Crippen MR) is 435 cm³/mol. The summed E-state index contributed by atoms with van der Waals surface area (Å²) in [5.41, 5.74) is 36.2. The number of nitrogen functional groups attached to an aromatic ring is 2. The van der Waals surface area contributed by atoms with Gasteiger partial charge in [-0.2, -0.15) is 0 Å². The second-order valence-corrected chi connectivity index (χ2v) is 28.7. The van der Waals surface area contributed by atoms with Crippen LogP contribution in [0.3, 0.4) is 0 Å². The molecular weight excluding hydrogens is 1470 g/mol. The van der Waals surface area contributed by atoms with E-state index in [1.807, 2.05) is 0 Å². The molecule has 14 aromatic carbocycles. The topological polar surface area (TPSA) is 55.3 Å². The first kappa shape index (κ1) is 70.2. The van der Waals surface area contributed by atoms with Gasteiger partial charge in [0.1, 0.15) is 0 Å². The number of nitrogens with zero attached hydrogens (tertiary/aromatic N) is 1. The highest BCUT2D eigenvalue weighted by molar-refractivity contribution is 14.2. The van der Waals surface area contributed by atoms with Crippen LogP contribution in [0.5, 0.6) is 0 Å². The molecule has 0 amide bonds. The van der Waals surface area contributed by atoms with Gasteiger partial charge in [-0.15, -0.1) is 0 Å². The molecule has 0 atom stereocenters. The third-order valence-corrected chi connectivity index (χ3v) is 17.6. The lowest BCUT2D eigenvalue weighted by molar-refractivity contribution is 0.943. The Morgan fingerprint density at radius 1 is 0.258 bits per heavy atom. The van der Waals surface area contributed by atoms with Gasteiger partial charge in [-0.3, -0.25) is 0 Å². The average molecular weight is 1550 g/mol. The van der Waals surface area contributed by atoms with E-state index in [2.05, 4.69) is 454 Å². The Labute approximate surface area is 611 Å². The summed E-state index contributed by atoms with van der Waals surface area (Å²) < 4.78 is 2.22. The molecule has 3 nitrogen and oxygen atoms in total. The lowest BCUT2D eigenvalue weighted by Gasteiger charge is -2.31. The lowest BCUT2D eigenvalue weighted by Crippen LogP contribution is -2.16. The maximum Gasteiger partial charge on any atom is 0.0516 e. The summed E-state index contributed by atoms with van der Waals surface area (Å²) in [6, 6.07) is 137. The van der Waals surface area contributed by atoms with Crippen LogP contribution in [-0.4, -0.2) is 2.43 Å². The molecule has 0 aromatic heterocycles. The van der Waals surface area contributed by atoms with Gasteiger partial charge in [-0.05, 0) is 133 Å². The fourth-order valence-electron chi connectivity index (χ4n) is 12.8. The fourth-order valence-corrected chi connectivity index (χ4v) is 13.3. The molecule has 0 saturated heterocycles. The molecule has 0 aliphatic rings. The molecule has 480 valence electrons. The van der Waals surface area contributed by atoms with E-state index in [0.29, 0.717) is 0 Å². The van der Waals surface area contributed by atoms with Crippen molar-refractivity contribution < 1.29 is 0 Å².